The summed E-state index contributed by atoms with van der Waals surface area (Å²) < 4.78 is 9.01. The summed E-state index contributed by atoms with van der Waals surface area (Å²) in [5.41, 5.74) is 3.52. The predicted molar refractivity (Wildman–Crippen MR) is 75.1 cm³/mol. The molecule has 0 unspecified atom stereocenters. The third kappa shape index (κ3) is 1.83. The van der Waals surface area contributed by atoms with Gasteiger partial charge < -0.3 is 9.88 Å². The number of pyridine rings is 1. The summed E-state index contributed by atoms with van der Waals surface area (Å²) in [4.78, 5) is 20.2. The summed E-state index contributed by atoms with van der Waals surface area (Å²) >= 11 is 0. The van der Waals surface area contributed by atoms with Gasteiger partial charge in [-0.3, -0.25) is 4.79 Å². The van der Waals surface area contributed by atoms with E-state index >= 15 is 0 Å². The maximum atomic E-state index is 11.4. The van der Waals surface area contributed by atoms with E-state index in [0.717, 1.165) is 22.0 Å². The van der Waals surface area contributed by atoms with Crippen LogP contribution in [0.15, 0.2) is 24.5 Å². The fraction of sp³-hybridized carbons (Fsp3) is 0.214. The molecule has 0 fully saturated rings. The van der Waals surface area contributed by atoms with Crippen LogP contribution in [0.4, 0.5) is 5.82 Å². The van der Waals surface area contributed by atoms with Gasteiger partial charge in [0, 0.05) is 20.7 Å². The van der Waals surface area contributed by atoms with E-state index in [-0.39, 0.29) is 6.90 Å². The molecule has 0 aliphatic carbocycles. The van der Waals surface area contributed by atoms with Crippen LogP contribution in [-0.2, 0) is 11.8 Å². The Morgan fingerprint density at radius 2 is 2.32 bits per heavy atom. The highest BCUT2D eigenvalue weighted by atomic mass is 16.1. The molecule has 0 bridgehead atoms. The number of nitrogens with zero attached hydrogens (tertiary/aromatic N) is 3. The normalized spacial score (nSPS) is 11.8. The molecule has 2 heterocycles. The minimum atomic E-state index is -0.393. The number of nitrogens with one attached hydrogen (secondary N) is 1. The van der Waals surface area contributed by atoms with Crippen molar-refractivity contribution in [3.8, 4) is 0 Å². The molecule has 0 atom stereocenters. The second-order valence-corrected chi connectivity index (χ2v) is 4.58. The minimum Gasteiger partial charge on any atom is -0.333 e. The zero-order valence-corrected chi connectivity index (χ0v) is 10.8. The van der Waals surface area contributed by atoms with Crippen molar-refractivity contribution in [3.63, 3.8) is 0 Å². The number of imidazole rings is 1. The van der Waals surface area contributed by atoms with E-state index in [1.807, 2.05) is 30.7 Å². The number of anilines is 1. The Bertz CT molecular complexity index is 825. The zero-order chi connectivity index (χ0) is 14.3. The molecule has 0 radical (unpaired) electrons. The molecule has 0 aliphatic rings. The van der Waals surface area contributed by atoms with Crippen LogP contribution in [0.5, 0.6) is 0 Å². The Morgan fingerprint density at radius 3 is 3.11 bits per heavy atom. The summed E-state index contributed by atoms with van der Waals surface area (Å²) in [6, 6.07) is 5.96. The summed E-state index contributed by atoms with van der Waals surface area (Å²) in [5, 5.41) is 3.64. The number of hydrogen-bond acceptors (Lipinski definition) is 3. The Balaban J connectivity index is 2.35. The molecule has 0 saturated carbocycles. The van der Waals surface area contributed by atoms with Crippen LogP contribution in [0.2, 0.25) is 0 Å². The Kier molecular flexibility index (Phi) is 2.24. The van der Waals surface area contributed by atoms with Crippen LogP contribution in [0.3, 0.4) is 0 Å². The largest absolute Gasteiger partial charge is 0.333 e. The maximum Gasteiger partial charge on any atom is 0.222 e. The minimum absolute atomic E-state index is 0.331. The van der Waals surface area contributed by atoms with Gasteiger partial charge in [-0.25, -0.2) is 9.97 Å². The number of aryl methyl sites for hydroxylation is 2. The average Bonchev–Trinajstić information content (AvgIpc) is 2.82. The Labute approximate surface area is 111 Å². The number of amides is 1. The second kappa shape index (κ2) is 4.05. The van der Waals surface area contributed by atoms with Crippen LogP contribution in [0.25, 0.3) is 21.9 Å². The SMILES string of the molecule is [3H]CC(=O)Nc1nc2ccc(C)cc2c2c1ncn2C. The third-order valence-corrected chi connectivity index (χ3v) is 3.06. The monoisotopic (exact) mass is 256 g/mol. The average molecular weight is 256 g/mol. The van der Waals surface area contributed by atoms with Gasteiger partial charge in [0.05, 0.1) is 17.4 Å². The molecule has 19 heavy (non-hydrogen) atoms. The van der Waals surface area contributed by atoms with Gasteiger partial charge in [-0.2, -0.15) is 0 Å². The summed E-state index contributed by atoms with van der Waals surface area (Å²) in [7, 11) is 1.91. The first-order valence-corrected chi connectivity index (χ1v) is 5.90. The van der Waals surface area contributed by atoms with Gasteiger partial charge >= 0.3 is 0 Å². The lowest BCUT2D eigenvalue weighted by Gasteiger charge is -2.07. The number of aromatic nitrogens is 3. The number of carbonyl (C=O) groups excluding carboxylic acids is 1. The van der Waals surface area contributed by atoms with E-state index in [9.17, 15) is 4.79 Å². The summed E-state index contributed by atoms with van der Waals surface area (Å²) in [6.45, 7) is 1.69. The van der Waals surface area contributed by atoms with E-state index < -0.39 is 5.91 Å². The highest BCUT2D eigenvalue weighted by Gasteiger charge is 2.13. The van der Waals surface area contributed by atoms with E-state index in [2.05, 4.69) is 21.4 Å². The highest BCUT2D eigenvalue weighted by Crippen LogP contribution is 2.28. The van der Waals surface area contributed by atoms with Crippen molar-refractivity contribution in [1.82, 2.24) is 14.5 Å². The van der Waals surface area contributed by atoms with Crippen molar-refractivity contribution < 1.29 is 6.17 Å². The van der Waals surface area contributed by atoms with E-state index in [4.69, 9.17) is 1.37 Å². The molecule has 1 aromatic carbocycles. The number of benzene rings is 1. The zero-order valence-electron chi connectivity index (χ0n) is 11.8. The van der Waals surface area contributed by atoms with Crippen molar-refractivity contribution in [3.05, 3.63) is 30.1 Å². The van der Waals surface area contributed by atoms with E-state index in [0.29, 0.717) is 11.3 Å². The first kappa shape index (κ1) is 10.5. The first-order chi connectivity index (χ1) is 9.60. The standard InChI is InChI=1S/C14H14N4O/c1-8-4-5-11-10(6-8)13-12(15-7-18(13)3)14(17-11)16-9(2)19/h4-7H,1-3H3,(H,16,17,19)/i2T. The summed E-state index contributed by atoms with van der Waals surface area (Å²) in [6.07, 6.45) is 1.70. The number of fused-ring (bicyclic) bond motifs is 3. The molecule has 96 valence electrons. The van der Waals surface area contributed by atoms with Crippen LogP contribution in [-0.4, -0.2) is 20.4 Å². The lowest BCUT2D eigenvalue weighted by atomic mass is 10.1. The van der Waals surface area contributed by atoms with Crippen molar-refractivity contribution in [2.45, 2.75) is 13.8 Å². The smallest absolute Gasteiger partial charge is 0.222 e. The Morgan fingerprint density at radius 1 is 1.47 bits per heavy atom. The van der Waals surface area contributed by atoms with E-state index in [1.54, 1.807) is 6.33 Å². The molecule has 5 heteroatoms. The second-order valence-electron chi connectivity index (χ2n) is 4.58. The summed E-state index contributed by atoms with van der Waals surface area (Å²) in [5.74, 6) is 0.0186. The van der Waals surface area contributed by atoms with Gasteiger partial charge in [0.15, 0.2) is 5.82 Å². The van der Waals surface area contributed by atoms with Crippen molar-refractivity contribution in [1.29, 1.82) is 0 Å². The van der Waals surface area contributed by atoms with Crippen molar-refractivity contribution >= 4 is 33.7 Å². The molecule has 0 saturated heterocycles. The van der Waals surface area contributed by atoms with Crippen molar-refractivity contribution in [2.24, 2.45) is 7.05 Å². The molecule has 2 aromatic heterocycles. The number of hydrogen-bond donors (Lipinski definition) is 1. The fourth-order valence-corrected chi connectivity index (χ4v) is 2.25. The molecule has 0 aliphatic heterocycles. The Hall–Kier alpha value is -2.43. The predicted octanol–water partition coefficient (Wildman–Crippen LogP) is 2.39. The topological polar surface area (TPSA) is 59.8 Å². The maximum absolute atomic E-state index is 11.4. The number of rotatable bonds is 1. The van der Waals surface area contributed by atoms with Gasteiger partial charge in [-0.1, -0.05) is 11.6 Å². The molecule has 1 N–H and O–H groups in total. The van der Waals surface area contributed by atoms with Crippen LogP contribution in [0.1, 0.15) is 13.8 Å². The first-order valence-electron chi connectivity index (χ1n) is 6.61. The van der Waals surface area contributed by atoms with E-state index in [1.165, 1.54) is 0 Å². The van der Waals surface area contributed by atoms with Gasteiger partial charge in [-0.15, -0.1) is 0 Å². The lowest BCUT2D eigenvalue weighted by molar-refractivity contribution is -0.114. The van der Waals surface area contributed by atoms with Crippen LogP contribution < -0.4 is 5.32 Å². The van der Waals surface area contributed by atoms with Crippen molar-refractivity contribution in [2.75, 3.05) is 5.32 Å². The van der Waals surface area contributed by atoms with Gasteiger partial charge in [0.1, 0.15) is 5.52 Å². The third-order valence-electron chi connectivity index (χ3n) is 3.06. The quantitative estimate of drug-likeness (QED) is 0.727. The number of carbonyl (C=O) groups is 1. The van der Waals surface area contributed by atoms with Gasteiger partial charge in [0.25, 0.3) is 0 Å². The molecule has 3 aromatic rings. The van der Waals surface area contributed by atoms with Crippen LogP contribution in [0, 0.1) is 6.92 Å². The molecule has 5 nitrogen and oxygen atoms in total. The van der Waals surface area contributed by atoms with Crippen LogP contribution >= 0.6 is 0 Å². The molecular weight excluding hydrogens is 240 g/mol. The molecular formula is C14H14N4O. The molecule has 0 spiro atoms. The van der Waals surface area contributed by atoms with Gasteiger partial charge in [0.2, 0.25) is 5.91 Å². The molecule has 1 amide bonds. The fourth-order valence-electron chi connectivity index (χ4n) is 2.25. The molecule has 3 rings (SSSR count). The van der Waals surface area contributed by atoms with Gasteiger partial charge in [-0.05, 0) is 19.1 Å². The lowest BCUT2D eigenvalue weighted by Crippen LogP contribution is -2.08. The highest BCUT2D eigenvalue weighted by molar-refractivity contribution is 6.09.